The van der Waals surface area contributed by atoms with Crippen LogP contribution in [0.25, 0.3) is 11.3 Å². The molecule has 0 fully saturated rings. The molecule has 0 unspecified atom stereocenters. The quantitative estimate of drug-likeness (QED) is 0.498. The van der Waals surface area contributed by atoms with E-state index in [4.69, 9.17) is 4.42 Å². The Morgan fingerprint density at radius 1 is 1.40 bits per heavy atom. The summed E-state index contributed by atoms with van der Waals surface area (Å²) in [4.78, 5) is 14.7. The highest BCUT2D eigenvalue weighted by Gasteiger charge is 2.12. The van der Waals surface area contributed by atoms with Crippen LogP contribution in [-0.2, 0) is 6.42 Å². The number of aromatic nitrogens is 1. The minimum Gasteiger partial charge on any atom is -0.441 e. The Bertz CT molecular complexity index is 607. The Kier molecular flexibility index (Phi) is 4.47. The van der Waals surface area contributed by atoms with E-state index in [2.05, 4.69) is 10.3 Å². The molecule has 6 heteroatoms. The van der Waals surface area contributed by atoms with E-state index in [1.54, 1.807) is 6.20 Å². The van der Waals surface area contributed by atoms with Crippen molar-refractivity contribution in [2.75, 3.05) is 13.1 Å². The standard InChI is InChI=1S/C14H17N3O3/c1-3-15-5-4-14-16-9-13(20-14)11-6-10(2)7-12(8-11)17(18)19/h6-9,15H,3-5H2,1-2H3. The first kappa shape index (κ1) is 14.2. The van der Waals surface area contributed by atoms with Crippen molar-refractivity contribution in [2.45, 2.75) is 20.3 Å². The minimum atomic E-state index is -0.404. The number of aryl methyl sites for hydroxylation is 1. The summed E-state index contributed by atoms with van der Waals surface area (Å²) in [6, 6.07) is 4.88. The summed E-state index contributed by atoms with van der Waals surface area (Å²) in [5, 5.41) is 14.1. The van der Waals surface area contributed by atoms with Crippen LogP contribution in [0, 0.1) is 17.0 Å². The third kappa shape index (κ3) is 3.42. The number of nitro benzene ring substituents is 1. The number of rotatable bonds is 6. The van der Waals surface area contributed by atoms with Crippen LogP contribution in [0.1, 0.15) is 18.4 Å². The molecule has 0 saturated heterocycles. The Balaban J connectivity index is 2.21. The van der Waals surface area contributed by atoms with Gasteiger partial charge in [-0.3, -0.25) is 10.1 Å². The van der Waals surface area contributed by atoms with Crippen LogP contribution in [-0.4, -0.2) is 23.0 Å². The molecule has 106 valence electrons. The average Bonchev–Trinajstić information content (AvgIpc) is 2.87. The first-order valence-electron chi connectivity index (χ1n) is 6.52. The van der Waals surface area contributed by atoms with Gasteiger partial charge in [-0.2, -0.15) is 0 Å². The molecule has 0 spiro atoms. The van der Waals surface area contributed by atoms with Gasteiger partial charge in [0.25, 0.3) is 5.69 Å². The van der Waals surface area contributed by atoms with E-state index in [1.165, 1.54) is 12.1 Å². The van der Waals surface area contributed by atoms with E-state index in [9.17, 15) is 10.1 Å². The molecular weight excluding hydrogens is 258 g/mol. The lowest BCUT2D eigenvalue weighted by Gasteiger charge is -2.00. The number of benzene rings is 1. The highest BCUT2D eigenvalue weighted by Crippen LogP contribution is 2.26. The van der Waals surface area contributed by atoms with E-state index in [1.807, 2.05) is 19.9 Å². The van der Waals surface area contributed by atoms with Gasteiger partial charge in [-0.25, -0.2) is 4.98 Å². The largest absolute Gasteiger partial charge is 0.441 e. The summed E-state index contributed by atoms with van der Waals surface area (Å²) in [5.74, 6) is 1.19. The molecule has 1 aromatic carbocycles. The third-order valence-corrected chi connectivity index (χ3v) is 2.88. The van der Waals surface area contributed by atoms with Gasteiger partial charge in [-0.05, 0) is 25.1 Å². The molecule has 0 saturated carbocycles. The number of oxazole rings is 1. The van der Waals surface area contributed by atoms with E-state index in [-0.39, 0.29) is 5.69 Å². The maximum atomic E-state index is 10.9. The summed E-state index contributed by atoms with van der Waals surface area (Å²) in [6.07, 6.45) is 2.31. The number of likely N-dealkylation sites (N-methyl/N-ethyl adjacent to an activating group) is 1. The fourth-order valence-electron chi connectivity index (χ4n) is 1.94. The second kappa shape index (κ2) is 6.29. The van der Waals surface area contributed by atoms with Crippen molar-refractivity contribution in [1.82, 2.24) is 10.3 Å². The number of nitrogens with zero attached hydrogens (tertiary/aromatic N) is 2. The van der Waals surface area contributed by atoms with Crippen LogP contribution in [0.4, 0.5) is 5.69 Å². The van der Waals surface area contributed by atoms with Gasteiger partial charge < -0.3 is 9.73 Å². The van der Waals surface area contributed by atoms with Crippen molar-refractivity contribution in [3.8, 4) is 11.3 Å². The normalized spacial score (nSPS) is 10.7. The van der Waals surface area contributed by atoms with Crippen molar-refractivity contribution >= 4 is 5.69 Å². The smallest absolute Gasteiger partial charge is 0.270 e. The Morgan fingerprint density at radius 2 is 2.20 bits per heavy atom. The van der Waals surface area contributed by atoms with Crippen molar-refractivity contribution in [3.63, 3.8) is 0 Å². The zero-order valence-electron chi connectivity index (χ0n) is 11.5. The Morgan fingerprint density at radius 3 is 2.90 bits per heavy atom. The predicted molar refractivity (Wildman–Crippen MR) is 75.6 cm³/mol. The molecule has 0 radical (unpaired) electrons. The van der Waals surface area contributed by atoms with Gasteiger partial charge in [-0.15, -0.1) is 0 Å². The SMILES string of the molecule is CCNCCc1ncc(-c2cc(C)cc([N+](=O)[O-])c2)o1. The van der Waals surface area contributed by atoms with E-state index in [0.29, 0.717) is 23.6 Å². The number of hydrogen-bond acceptors (Lipinski definition) is 5. The molecule has 2 aromatic rings. The first-order valence-corrected chi connectivity index (χ1v) is 6.52. The van der Waals surface area contributed by atoms with E-state index in [0.717, 1.165) is 18.7 Å². The van der Waals surface area contributed by atoms with Crippen molar-refractivity contribution in [3.05, 3.63) is 46.0 Å². The lowest BCUT2D eigenvalue weighted by atomic mass is 10.1. The van der Waals surface area contributed by atoms with Gasteiger partial charge in [-0.1, -0.05) is 6.92 Å². The second-order valence-electron chi connectivity index (χ2n) is 4.54. The second-order valence-corrected chi connectivity index (χ2v) is 4.54. The number of non-ortho nitro benzene ring substituents is 1. The fraction of sp³-hybridized carbons (Fsp3) is 0.357. The first-order chi connectivity index (χ1) is 9.60. The average molecular weight is 275 g/mol. The summed E-state index contributed by atoms with van der Waals surface area (Å²) >= 11 is 0. The van der Waals surface area contributed by atoms with E-state index >= 15 is 0 Å². The molecule has 0 atom stereocenters. The highest BCUT2D eigenvalue weighted by atomic mass is 16.6. The Labute approximate surface area is 117 Å². The molecule has 1 aromatic heterocycles. The number of nitro groups is 1. The van der Waals surface area contributed by atoms with Gasteiger partial charge in [0.1, 0.15) is 0 Å². The maximum absolute atomic E-state index is 10.9. The Hall–Kier alpha value is -2.21. The molecule has 1 N–H and O–H groups in total. The highest BCUT2D eigenvalue weighted by molar-refractivity contribution is 5.61. The molecule has 0 aliphatic rings. The summed E-state index contributed by atoms with van der Waals surface area (Å²) in [6.45, 7) is 5.55. The van der Waals surface area contributed by atoms with Crippen LogP contribution >= 0.6 is 0 Å². The van der Waals surface area contributed by atoms with Gasteiger partial charge in [0.05, 0.1) is 11.1 Å². The van der Waals surface area contributed by atoms with Crippen LogP contribution < -0.4 is 5.32 Å². The zero-order valence-corrected chi connectivity index (χ0v) is 11.5. The fourth-order valence-corrected chi connectivity index (χ4v) is 1.94. The third-order valence-electron chi connectivity index (χ3n) is 2.88. The topological polar surface area (TPSA) is 81.2 Å². The van der Waals surface area contributed by atoms with Gasteiger partial charge in [0.2, 0.25) is 0 Å². The lowest BCUT2D eigenvalue weighted by molar-refractivity contribution is -0.384. The lowest BCUT2D eigenvalue weighted by Crippen LogP contribution is -2.16. The maximum Gasteiger partial charge on any atom is 0.270 e. The van der Waals surface area contributed by atoms with Crippen LogP contribution in [0.15, 0.2) is 28.8 Å². The van der Waals surface area contributed by atoms with Gasteiger partial charge in [0, 0.05) is 30.7 Å². The molecule has 20 heavy (non-hydrogen) atoms. The molecule has 1 heterocycles. The van der Waals surface area contributed by atoms with Crippen molar-refractivity contribution in [2.24, 2.45) is 0 Å². The molecule has 0 bridgehead atoms. The van der Waals surface area contributed by atoms with E-state index < -0.39 is 4.92 Å². The minimum absolute atomic E-state index is 0.0607. The molecular formula is C14H17N3O3. The summed E-state index contributed by atoms with van der Waals surface area (Å²) < 4.78 is 5.63. The summed E-state index contributed by atoms with van der Waals surface area (Å²) in [7, 11) is 0. The number of hydrogen-bond donors (Lipinski definition) is 1. The van der Waals surface area contributed by atoms with Crippen LogP contribution in [0.5, 0.6) is 0 Å². The van der Waals surface area contributed by atoms with Crippen molar-refractivity contribution < 1.29 is 9.34 Å². The molecule has 0 aliphatic heterocycles. The predicted octanol–water partition coefficient (Wildman–Crippen LogP) is 2.71. The van der Waals surface area contributed by atoms with Crippen LogP contribution in [0.2, 0.25) is 0 Å². The summed E-state index contributed by atoms with van der Waals surface area (Å²) in [5.41, 5.74) is 1.56. The van der Waals surface area contributed by atoms with Gasteiger partial charge in [0.15, 0.2) is 11.7 Å². The van der Waals surface area contributed by atoms with Crippen LogP contribution in [0.3, 0.4) is 0 Å². The molecule has 6 nitrogen and oxygen atoms in total. The number of nitrogens with one attached hydrogen (secondary N) is 1. The van der Waals surface area contributed by atoms with Gasteiger partial charge >= 0.3 is 0 Å². The molecule has 0 aliphatic carbocycles. The molecule has 0 amide bonds. The molecule has 2 rings (SSSR count). The monoisotopic (exact) mass is 275 g/mol. The zero-order chi connectivity index (χ0) is 14.5. The van der Waals surface area contributed by atoms with Crippen molar-refractivity contribution in [1.29, 1.82) is 0 Å².